The van der Waals surface area contributed by atoms with Crippen molar-refractivity contribution in [2.45, 2.75) is 6.42 Å². The van der Waals surface area contributed by atoms with E-state index in [1.807, 2.05) is 0 Å². The van der Waals surface area contributed by atoms with Gasteiger partial charge in [-0.25, -0.2) is 0 Å². The highest BCUT2D eigenvalue weighted by molar-refractivity contribution is 14.1. The van der Waals surface area contributed by atoms with Crippen molar-refractivity contribution in [3.8, 4) is 11.5 Å². The molecule has 3 N–H and O–H groups in total. The maximum absolute atomic E-state index is 11.5. The van der Waals surface area contributed by atoms with E-state index in [0.29, 0.717) is 6.54 Å². The summed E-state index contributed by atoms with van der Waals surface area (Å²) in [5.41, 5.74) is 0.182. The minimum Gasteiger partial charge on any atom is -0.508 e. The standard InChI is InChI=1S/C10H12INO3/c11-4-1-5-12-10(15)8-3-2-7(13)6-9(8)14/h2-3,6,13-14H,1,4-5H2,(H,12,15). The third kappa shape index (κ3) is 3.58. The fourth-order valence-corrected chi connectivity index (χ4v) is 1.46. The smallest absolute Gasteiger partial charge is 0.255 e. The number of nitrogens with one attached hydrogen (secondary N) is 1. The van der Waals surface area contributed by atoms with Gasteiger partial charge < -0.3 is 15.5 Å². The second kappa shape index (κ2) is 5.79. The molecule has 0 spiro atoms. The average molecular weight is 321 g/mol. The van der Waals surface area contributed by atoms with Crippen LogP contribution in [0, 0.1) is 0 Å². The monoisotopic (exact) mass is 321 g/mol. The highest BCUT2D eigenvalue weighted by Crippen LogP contribution is 2.22. The second-order valence-electron chi connectivity index (χ2n) is 3.00. The first-order chi connectivity index (χ1) is 7.15. The van der Waals surface area contributed by atoms with Crippen LogP contribution < -0.4 is 5.32 Å². The molecule has 1 amide bonds. The zero-order chi connectivity index (χ0) is 11.3. The summed E-state index contributed by atoms with van der Waals surface area (Å²) in [5, 5.41) is 21.1. The average Bonchev–Trinajstić information content (AvgIpc) is 2.17. The van der Waals surface area contributed by atoms with Gasteiger partial charge in [0.25, 0.3) is 5.91 Å². The lowest BCUT2D eigenvalue weighted by molar-refractivity contribution is 0.0951. The molecule has 82 valence electrons. The Kier molecular flexibility index (Phi) is 4.67. The first-order valence-electron chi connectivity index (χ1n) is 4.51. The van der Waals surface area contributed by atoms with Crippen LogP contribution in [0.15, 0.2) is 18.2 Å². The molecule has 4 nitrogen and oxygen atoms in total. The van der Waals surface area contributed by atoms with Gasteiger partial charge in [0.15, 0.2) is 0 Å². The third-order valence-corrected chi connectivity index (χ3v) is 2.58. The Morgan fingerprint density at radius 1 is 1.40 bits per heavy atom. The van der Waals surface area contributed by atoms with Crippen molar-refractivity contribution in [2.75, 3.05) is 11.0 Å². The van der Waals surface area contributed by atoms with E-state index < -0.39 is 0 Å². The second-order valence-corrected chi connectivity index (χ2v) is 4.08. The lowest BCUT2D eigenvalue weighted by Crippen LogP contribution is -2.24. The van der Waals surface area contributed by atoms with E-state index in [-0.39, 0.29) is 23.0 Å². The van der Waals surface area contributed by atoms with Crippen LogP contribution in [0.5, 0.6) is 11.5 Å². The van der Waals surface area contributed by atoms with E-state index in [4.69, 9.17) is 5.11 Å². The molecule has 1 rings (SSSR count). The molecule has 0 radical (unpaired) electrons. The van der Waals surface area contributed by atoms with Gasteiger partial charge >= 0.3 is 0 Å². The molecule has 0 aliphatic rings. The predicted octanol–water partition coefficient (Wildman–Crippen LogP) is 1.65. The van der Waals surface area contributed by atoms with Gasteiger partial charge in [-0.15, -0.1) is 0 Å². The maximum atomic E-state index is 11.5. The van der Waals surface area contributed by atoms with Crippen LogP contribution in [-0.4, -0.2) is 27.1 Å². The van der Waals surface area contributed by atoms with Gasteiger partial charge in [-0.05, 0) is 18.6 Å². The van der Waals surface area contributed by atoms with E-state index in [9.17, 15) is 9.90 Å². The molecule has 0 atom stereocenters. The number of benzene rings is 1. The summed E-state index contributed by atoms with van der Waals surface area (Å²) < 4.78 is 0.972. The molecule has 5 heteroatoms. The van der Waals surface area contributed by atoms with Crippen LogP contribution >= 0.6 is 22.6 Å². The molecule has 0 bridgehead atoms. The van der Waals surface area contributed by atoms with E-state index in [1.165, 1.54) is 12.1 Å². The minimum absolute atomic E-state index is 0.0590. The Bertz CT molecular complexity index is 355. The molecule has 0 unspecified atom stereocenters. The molecular weight excluding hydrogens is 309 g/mol. The van der Waals surface area contributed by atoms with Crippen molar-refractivity contribution >= 4 is 28.5 Å². The number of carbonyl (C=O) groups is 1. The Hall–Kier alpha value is -0.980. The van der Waals surface area contributed by atoms with Crippen LogP contribution in [0.3, 0.4) is 0 Å². The van der Waals surface area contributed by atoms with Gasteiger partial charge in [-0.3, -0.25) is 4.79 Å². The lowest BCUT2D eigenvalue weighted by Gasteiger charge is -2.05. The van der Waals surface area contributed by atoms with E-state index in [1.54, 1.807) is 0 Å². The zero-order valence-corrected chi connectivity index (χ0v) is 10.2. The summed E-state index contributed by atoms with van der Waals surface area (Å²) in [4.78, 5) is 11.5. The number of amides is 1. The normalized spacial score (nSPS) is 9.93. The number of aromatic hydroxyl groups is 2. The number of hydrogen-bond acceptors (Lipinski definition) is 3. The number of hydrogen-bond donors (Lipinski definition) is 3. The van der Waals surface area contributed by atoms with Crippen LogP contribution in [0.25, 0.3) is 0 Å². The fourth-order valence-electron chi connectivity index (χ4n) is 1.08. The zero-order valence-electron chi connectivity index (χ0n) is 8.03. The van der Waals surface area contributed by atoms with Crippen LogP contribution in [0.2, 0.25) is 0 Å². The van der Waals surface area contributed by atoms with Gasteiger partial charge in [0.1, 0.15) is 11.5 Å². The van der Waals surface area contributed by atoms with Crippen LogP contribution in [0.1, 0.15) is 16.8 Å². The number of phenolic OH excluding ortho intramolecular Hbond substituents is 2. The first-order valence-corrected chi connectivity index (χ1v) is 6.04. The summed E-state index contributed by atoms with van der Waals surface area (Å²) in [6, 6.07) is 3.91. The maximum Gasteiger partial charge on any atom is 0.255 e. The molecule has 0 heterocycles. The molecule has 1 aromatic carbocycles. The van der Waals surface area contributed by atoms with Gasteiger partial charge in [-0.1, -0.05) is 22.6 Å². The Balaban J connectivity index is 2.65. The van der Waals surface area contributed by atoms with Crippen LogP contribution in [-0.2, 0) is 0 Å². The highest BCUT2D eigenvalue weighted by atomic mass is 127. The van der Waals surface area contributed by atoms with Gasteiger partial charge in [0.05, 0.1) is 5.56 Å². The fraction of sp³-hybridized carbons (Fsp3) is 0.300. The van der Waals surface area contributed by atoms with Crippen LogP contribution in [0.4, 0.5) is 0 Å². The van der Waals surface area contributed by atoms with Crippen molar-refractivity contribution in [3.63, 3.8) is 0 Å². The van der Waals surface area contributed by atoms with Crippen molar-refractivity contribution < 1.29 is 15.0 Å². The molecule has 0 aliphatic heterocycles. The third-order valence-electron chi connectivity index (χ3n) is 1.82. The highest BCUT2D eigenvalue weighted by Gasteiger charge is 2.10. The molecular formula is C10H12INO3. The number of alkyl halides is 1. The molecule has 0 saturated heterocycles. The lowest BCUT2D eigenvalue weighted by atomic mass is 10.2. The summed E-state index contributed by atoms with van der Waals surface area (Å²) in [6.45, 7) is 0.585. The molecule has 0 saturated carbocycles. The molecule has 1 aromatic rings. The number of rotatable bonds is 4. The van der Waals surface area contributed by atoms with Crippen molar-refractivity contribution in [3.05, 3.63) is 23.8 Å². The van der Waals surface area contributed by atoms with E-state index in [0.717, 1.165) is 16.9 Å². The number of halogens is 1. The van der Waals surface area contributed by atoms with E-state index >= 15 is 0 Å². The Labute approximate surface area is 101 Å². The van der Waals surface area contributed by atoms with Crippen molar-refractivity contribution in [1.29, 1.82) is 0 Å². The van der Waals surface area contributed by atoms with Crippen molar-refractivity contribution in [1.82, 2.24) is 5.32 Å². The SMILES string of the molecule is O=C(NCCCI)c1ccc(O)cc1O. The summed E-state index contributed by atoms with van der Waals surface area (Å²) >= 11 is 2.23. The summed E-state index contributed by atoms with van der Waals surface area (Å²) in [6.07, 6.45) is 0.894. The van der Waals surface area contributed by atoms with Gasteiger partial charge in [0.2, 0.25) is 0 Å². The Morgan fingerprint density at radius 2 is 2.13 bits per heavy atom. The summed E-state index contributed by atoms with van der Waals surface area (Å²) in [7, 11) is 0. The molecule has 0 fully saturated rings. The first kappa shape index (κ1) is 12.1. The molecule has 0 aliphatic carbocycles. The quantitative estimate of drug-likeness (QED) is 0.449. The van der Waals surface area contributed by atoms with Gasteiger partial charge in [-0.2, -0.15) is 0 Å². The Morgan fingerprint density at radius 3 is 2.73 bits per heavy atom. The predicted molar refractivity (Wildman–Crippen MR) is 65.6 cm³/mol. The number of carbonyl (C=O) groups excluding carboxylic acids is 1. The number of phenols is 2. The van der Waals surface area contributed by atoms with Gasteiger partial charge in [0, 0.05) is 17.0 Å². The van der Waals surface area contributed by atoms with Crippen molar-refractivity contribution in [2.24, 2.45) is 0 Å². The van der Waals surface area contributed by atoms with E-state index in [2.05, 4.69) is 27.9 Å². The molecule has 0 aromatic heterocycles. The molecule has 15 heavy (non-hydrogen) atoms. The summed E-state index contributed by atoms with van der Waals surface area (Å²) in [5.74, 6) is -0.587. The minimum atomic E-state index is -0.322. The topological polar surface area (TPSA) is 69.6 Å². The largest absolute Gasteiger partial charge is 0.508 e.